The van der Waals surface area contributed by atoms with Crippen LogP contribution in [0.25, 0.3) is 11.1 Å². The van der Waals surface area contributed by atoms with Gasteiger partial charge in [0.2, 0.25) is 0 Å². The fourth-order valence-electron chi connectivity index (χ4n) is 3.18. The first kappa shape index (κ1) is 19.0. The second-order valence-electron chi connectivity index (χ2n) is 6.55. The molecule has 2 aromatic carbocycles. The van der Waals surface area contributed by atoms with Crippen LogP contribution in [0.15, 0.2) is 45.8 Å². The van der Waals surface area contributed by atoms with E-state index in [2.05, 4.69) is 9.88 Å². The van der Waals surface area contributed by atoms with E-state index in [1.165, 1.54) is 7.11 Å². The van der Waals surface area contributed by atoms with Gasteiger partial charge in [-0.3, -0.25) is 4.72 Å². The Morgan fingerprint density at radius 2 is 1.67 bits per heavy atom. The number of nitrogens with zero attached hydrogens (tertiary/aromatic N) is 1. The molecule has 0 fully saturated rings. The number of methoxy groups -OCH3 is 1. The third kappa shape index (κ3) is 3.83. The first-order chi connectivity index (χ1) is 12.7. The largest absolute Gasteiger partial charge is 0.495 e. The standard InChI is InChI=1S/C20H22N2O4S/c1-12-8-13(2)10-17(9-12)22-27(23,24)19-11-16(6-7-18(19)25-5)20-14(3)21-26-15(20)4/h6-11,22H,1-5H3. The molecule has 3 rings (SSSR count). The van der Waals surface area contributed by atoms with Crippen molar-refractivity contribution in [3.05, 3.63) is 59.0 Å². The van der Waals surface area contributed by atoms with Crippen LogP contribution in [0.1, 0.15) is 22.6 Å². The Labute approximate surface area is 159 Å². The fraction of sp³-hybridized carbons (Fsp3) is 0.250. The van der Waals surface area contributed by atoms with Crippen LogP contribution >= 0.6 is 0 Å². The molecule has 0 atom stereocenters. The molecule has 0 saturated carbocycles. The van der Waals surface area contributed by atoms with E-state index in [1.807, 2.05) is 26.8 Å². The second kappa shape index (κ2) is 7.08. The van der Waals surface area contributed by atoms with Crippen LogP contribution in [0.4, 0.5) is 5.69 Å². The maximum absolute atomic E-state index is 13.1. The van der Waals surface area contributed by atoms with Crippen LogP contribution in [0.3, 0.4) is 0 Å². The van der Waals surface area contributed by atoms with Gasteiger partial charge in [0, 0.05) is 11.3 Å². The summed E-state index contributed by atoms with van der Waals surface area (Å²) in [7, 11) is -2.41. The Hall–Kier alpha value is -2.80. The fourth-order valence-corrected chi connectivity index (χ4v) is 4.42. The van der Waals surface area contributed by atoms with Crippen molar-refractivity contribution in [2.24, 2.45) is 0 Å². The Kier molecular flexibility index (Phi) is 4.97. The Balaban J connectivity index is 2.09. The van der Waals surface area contributed by atoms with E-state index in [0.29, 0.717) is 22.7 Å². The van der Waals surface area contributed by atoms with Gasteiger partial charge in [-0.2, -0.15) is 0 Å². The summed E-state index contributed by atoms with van der Waals surface area (Å²) in [6, 6.07) is 10.6. The SMILES string of the molecule is COc1ccc(-c2c(C)noc2C)cc1S(=O)(=O)Nc1cc(C)cc(C)c1. The lowest BCUT2D eigenvalue weighted by atomic mass is 10.0. The van der Waals surface area contributed by atoms with Gasteiger partial charge in [0.05, 0.1) is 12.8 Å². The van der Waals surface area contributed by atoms with E-state index in [-0.39, 0.29) is 10.6 Å². The molecule has 0 aliphatic carbocycles. The molecular weight excluding hydrogens is 364 g/mol. The van der Waals surface area contributed by atoms with Gasteiger partial charge in [-0.05, 0) is 68.7 Å². The zero-order valence-corrected chi connectivity index (χ0v) is 16.8. The number of rotatable bonds is 5. The van der Waals surface area contributed by atoms with Gasteiger partial charge in [0.25, 0.3) is 10.0 Å². The third-order valence-electron chi connectivity index (χ3n) is 4.25. The van der Waals surface area contributed by atoms with E-state index in [1.54, 1.807) is 37.3 Å². The first-order valence-electron chi connectivity index (χ1n) is 8.43. The highest BCUT2D eigenvalue weighted by Gasteiger charge is 2.22. The lowest BCUT2D eigenvalue weighted by Gasteiger charge is -2.14. The van der Waals surface area contributed by atoms with E-state index in [9.17, 15) is 8.42 Å². The summed E-state index contributed by atoms with van der Waals surface area (Å²) >= 11 is 0. The monoisotopic (exact) mass is 386 g/mol. The minimum absolute atomic E-state index is 0.0571. The smallest absolute Gasteiger partial charge is 0.265 e. The summed E-state index contributed by atoms with van der Waals surface area (Å²) in [5.74, 6) is 0.894. The highest BCUT2D eigenvalue weighted by molar-refractivity contribution is 7.92. The molecule has 1 N–H and O–H groups in total. The molecule has 0 aliphatic heterocycles. The van der Waals surface area contributed by atoms with Crippen molar-refractivity contribution in [3.8, 4) is 16.9 Å². The van der Waals surface area contributed by atoms with Crippen LogP contribution in [0.2, 0.25) is 0 Å². The number of ether oxygens (including phenoxy) is 1. The minimum atomic E-state index is -3.85. The van der Waals surface area contributed by atoms with Crippen molar-refractivity contribution in [3.63, 3.8) is 0 Å². The van der Waals surface area contributed by atoms with E-state index < -0.39 is 10.0 Å². The maximum atomic E-state index is 13.1. The predicted molar refractivity (Wildman–Crippen MR) is 105 cm³/mol. The number of benzene rings is 2. The number of nitrogens with one attached hydrogen (secondary N) is 1. The number of aromatic nitrogens is 1. The van der Waals surface area contributed by atoms with E-state index in [0.717, 1.165) is 16.7 Å². The molecule has 0 unspecified atom stereocenters. The number of sulfonamides is 1. The average molecular weight is 386 g/mol. The molecule has 0 amide bonds. The molecule has 7 heteroatoms. The van der Waals surface area contributed by atoms with Crippen LogP contribution in [0.5, 0.6) is 5.75 Å². The average Bonchev–Trinajstić information content (AvgIpc) is 2.91. The summed E-state index contributed by atoms with van der Waals surface area (Å²) in [4.78, 5) is 0.0571. The van der Waals surface area contributed by atoms with Crippen molar-refractivity contribution in [2.75, 3.05) is 11.8 Å². The molecular formula is C20H22N2O4S. The number of hydrogen-bond donors (Lipinski definition) is 1. The lowest BCUT2D eigenvalue weighted by molar-refractivity contribution is 0.393. The van der Waals surface area contributed by atoms with Gasteiger partial charge in [-0.1, -0.05) is 17.3 Å². The number of aryl methyl sites for hydroxylation is 4. The molecule has 0 saturated heterocycles. The van der Waals surface area contributed by atoms with E-state index in [4.69, 9.17) is 9.26 Å². The molecule has 0 radical (unpaired) electrons. The van der Waals surface area contributed by atoms with Gasteiger partial charge < -0.3 is 9.26 Å². The second-order valence-corrected chi connectivity index (χ2v) is 8.20. The Morgan fingerprint density at radius 3 is 2.22 bits per heavy atom. The zero-order chi connectivity index (χ0) is 19.8. The van der Waals surface area contributed by atoms with Crippen LogP contribution < -0.4 is 9.46 Å². The maximum Gasteiger partial charge on any atom is 0.265 e. The molecule has 27 heavy (non-hydrogen) atoms. The van der Waals surface area contributed by atoms with Crippen LogP contribution in [-0.2, 0) is 10.0 Å². The van der Waals surface area contributed by atoms with Gasteiger partial charge in [-0.15, -0.1) is 0 Å². The summed E-state index contributed by atoms with van der Waals surface area (Å²) in [6.45, 7) is 7.45. The molecule has 6 nitrogen and oxygen atoms in total. The van der Waals surface area contributed by atoms with Gasteiger partial charge in [0.1, 0.15) is 16.4 Å². The summed E-state index contributed by atoms with van der Waals surface area (Å²) < 4.78 is 39.3. The molecule has 3 aromatic rings. The van der Waals surface area contributed by atoms with Crippen molar-refractivity contribution >= 4 is 15.7 Å². The predicted octanol–water partition coefficient (Wildman–Crippen LogP) is 4.38. The van der Waals surface area contributed by atoms with Gasteiger partial charge >= 0.3 is 0 Å². The normalized spacial score (nSPS) is 11.4. The minimum Gasteiger partial charge on any atom is -0.495 e. The van der Waals surface area contributed by atoms with Crippen molar-refractivity contribution < 1.29 is 17.7 Å². The Bertz CT molecular complexity index is 1060. The molecule has 0 bridgehead atoms. The number of anilines is 1. The van der Waals surface area contributed by atoms with Crippen molar-refractivity contribution in [2.45, 2.75) is 32.6 Å². The topological polar surface area (TPSA) is 81.4 Å². The van der Waals surface area contributed by atoms with E-state index >= 15 is 0 Å². The number of hydrogen-bond acceptors (Lipinski definition) is 5. The Morgan fingerprint density at radius 1 is 1.00 bits per heavy atom. The third-order valence-corrected chi connectivity index (χ3v) is 5.65. The quantitative estimate of drug-likeness (QED) is 0.703. The van der Waals surface area contributed by atoms with Crippen molar-refractivity contribution in [1.82, 2.24) is 5.16 Å². The summed E-state index contributed by atoms with van der Waals surface area (Å²) in [5, 5.41) is 3.94. The summed E-state index contributed by atoms with van der Waals surface area (Å²) in [6.07, 6.45) is 0. The van der Waals surface area contributed by atoms with Crippen molar-refractivity contribution in [1.29, 1.82) is 0 Å². The molecule has 1 aromatic heterocycles. The van der Waals surface area contributed by atoms with Crippen LogP contribution in [0, 0.1) is 27.7 Å². The highest BCUT2D eigenvalue weighted by atomic mass is 32.2. The lowest BCUT2D eigenvalue weighted by Crippen LogP contribution is -2.14. The van der Waals surface area contributed by atoms with Crippen LogP contribution in [-0.4, -0.2) is 20.7 Å². The highest BCUT2D eigenvalue weighted by Crippen LogP contribution is 2.34. The molecule has 142 valence electrons. The first-order valence-corrected chi connectivity index (χ1v) is 9.92. The van der Waals surface area contributed by atoms with Gasteiger partial charge in [-0.25, -0.2) is 8.42 Å². The zero-order valence-electron chi connectivity index (χ0n) is 16.0. The summed E-state index contributed by atoms with van der Waals surface area (Å²) in [5.41, 5.74) is 4.64. The van der Waals surface area contributed by atoms with Gasteiger partial charge in [0.15, 0.2) is 0 Å². The molecule has 0 aliphatic rings. The molecule has 1 heterocycles. The molecule has 0 spiro atoms.